The SMILES string of the molecule is Cc1ncc([C@H](CC(=O)NC[C@H](Cc2ccc(O)cc2)N(C)C)C2(C(C)(F)F)CC2)s1. The van der Waals surface area contributed by atoms with Crippen molar-refractivity contribution in [2.45, 2.75) is 57.4 Å². The summed E-state index contributed by atoms with van der Waals surface area (Å²) in [5, 5.41) is 13.2. The van der Waals surface area contributed by atoms with Gasteiger partial charge in [-0.2, -0.15) is 0 Å². The van der Waals surface area contributed by atoms with Gasteiger partial charge in [0, 0.05) is 41.4 Å². The predicted octanol–water partition coefficient (Wildman–Crippen LogP) is 4.36. The van der Waals surface area contributed by atoms with Crippen LogP contribution in [0.15, 0.2) is 30.5 Å². The highest BCUT2D eigenvalue weighted by molar-refractivity contribution is 7.11. The number of carbonyl (C=O) groups is 1. The van der Waals surface area contributed by atoms with Gasteiger partial charge in [0.25, 0.3) is 5.92 Å². The Morgan fingerprint density at radius 3 is 2.45 bits per heavy atom. The first-order valence-corrected chi connectivity index (χ1v) is 11.3. The number of carbonyl (C=O) groups excluding carboxylic acids is 1. The third-order valence-corrected chi connectivity index (χ3v) is 7.40. The summed E-state index contributed by atoms with van der Waals surface area (Å²) >= 11 is 1.40. The number of aromatic nitrogens is 1. The van der Waals surface area contributed by atoms with E-state index in [2.05, 4.69) is 10.3 Å². The van der Waals surface area contributed by atoms with Crippen LogP contribution in [0.1, 0.15) is 47.6 Å². The van der Waals surface area contributed by atoms with Crippen LogP contribution in [0.4, 0.5) is 8.78 Å². The average molecular weight is 452 g/mol. The van der Waals surface area contributed by atoms with Crippen molar-refractivity contribution < 1.29 is 18.7 Å². The van der Waals surface area contributed by atoms with Crippen LogP contribution in [-0.4, -0.2) is 53.5 Å². The smallest absolute Gasteiger partial charge is 0.251 e. The molecule has 1 aliphatic rings. The van der Waals surface area contributed by atoms with Crippen LogP contribution in [0, 0.1) is 12.3 Å². The molecule has 0 unspecified atom stereocenters. The largest absolute Gasteiger partial charge is 0.508 e. The number of nitrogens with zero attached hydrogens (tertiary/aromatic N) is 2. The molecule has 1 saturated carbocycles. The molecule has 1 aliphatic carbocycles. The van der Waals surface area contributed by atoms with Gasteiger partial charge in [0.15, 0.2) is 0 Å². The molecule has 1 fully saturated rings. The molecule has 0 bridgehead atoms. The maximum Gasteiger partial charge on any atom is 0.251 e. The first kappa shape index (κ1) is 23.6. The highest BCUT2D eigenvalue weighted by atomic mass is 32.1. The van der Waals surface area contributed by atoms with Crippen LogP contribution in [0.25, 0.3) is 0 Å². The standard InChI is InChI=1S/C23H31F2N3O2S/c1-15-26-14-20(31-15)19(23(9-10-23)22(2,24)25)12-21(30)27-13-17(28(3)4)11-16-5-7-18(29)8-6-16/h5-8,14,17,19,29H,9-13H2,1-4H3,(H,27,30)/t17-,19-/m0/s1. The molecule has 0 aliphatic heterocycles. The van der Waals surface area contributed by atoms with E-state index in [-0.39, 0.29) is 24.1 Å². The summed E-state index contributed by atoms with van der Waals surface area (Å²) in [6, 6.07) is 7.04. The van der Waals surface area contributed by atoms with Crippen LogP contribution < -0.4 is 5.32 Å². The number of amides is 1. The number of phenolic OH excluding ortho intramolecular Hbond substituents is 1. The van der Waals surface area contributed by atoms with E-state index in [1.165, 1.54) is 11.3 Å². The monoisotopic (exact) mass is 451 g/mol. The van der Waals surface area contributed by atoms with E-state index in [9.17, 15) is 18.7 Å². The number of likely N-dealkylation sites (N-methyl/N-ethyl adjacent to an activating group) is 1. The Kier molecular flexibility index (Phi) is 7.01. The highest BCUT2D eigenvalue weighted by Crippen LogP contribution is 2.65. The van der Waals surface area contributed by atoms with Crippen molar-refractivity contribution >= 4 is 17.2 Å². The minimum Gasteiger partial charge on any atom is -0.508 e. The summed E-state index contributed by atoms with van der Waals surface area (Å²) in [5.74, 6) is -3.39. The van der Waals surface area contributed by atoms with E-state index < -0.39 is 17.3 Å². The summed E-state index contributed by atoms with van der Waals surface area (Å²) in [6.07, 6.45) is 3.22. The molecule has 1 aromatic carbocycles. The molecular weight excluding hydrogens is 420 g/mol. The first-order valence-electron chi connectivity index (χ1n) is 10.5. The molecule has 1 aromatic heterocycles. The molecule has 170 valence electrons. The number of phenols is 1. The van der Waals surface area contributed by atoms with E-state index in [0.29, 0.717) is 25.8 Å². The van der Waals surface area contributed by atoms with Crippen molar-refractivity contribution in [3.8, 4) is 5.75 Å². The third kappa shape index (κ3) is 5.60. The number of rotatable bonds is 10. The summed E-state index contributed by atoms with van der Waals surface area (Å²) in [5.41, 5.74) is -0.109. The average Bonchev–Trinajstić information content (AvgIpc) is 3.40. The zero-order chi connectivity index (χ0) is 22.8. The molecule has 0 spiro atoms. The van der Waals surface area contributed by atoms with Gasteiger partial charge < -0.3 is 15.3 Å². The maximum absolute atomic E-state index is 14.5. The van der Waals surface area contributed by atoms with Crippen molar-refractivity contribution in [3.05, 3.63) is 45.9 Å². The fraction of sp³-hybridized carbons (Fsp3) is 0.565. The van der Waals surface area contributed by atoms with Crippen molar-refractivity contribution in [3.63, 3.8) is 0 Å². The zero-order valence-electron chi connectivity index (χ0n) is 18.5. The topological polar surface area (TPSA) is 65.5 Å². The Bertz CT molecular complexity index is 889. The number of aromatic hydroxyl groups is 1. The molecule has 2 N–H and O–H groups in total. The molecule has 2 aromatic rings. The molecule has 0 radical (unpaired) electrons. The third-order valence-electron chi connectivity index (χ3n) is 6.37. The lowest BCUT2D eigenvalue weighted by atomic mass is 9.80. The number of benzene rings is 1. The fourth-order valence-corrected chi connectivity index (χ4v) is 5.17. The Morgan fingerprint density at radius 1 is 1.32 bits per heavy atom. The van der Waals surface area contributed by atoms with Crippen molar-refractivity contribution in [2.75, 3.05) is 20.6 Å². The number of thiazole rings is 1. The minimum atomic E-state index is -2.85. The Labute approximate surface area is 186 Å². The molecular formula is C23H31F2N3O2S. The Morgan fingerprint density at radius 2 is 1.97 bits per heavy atom. The lowest BCUT2D eigenvalue weighted by Gasteiger charge is -2.31. The highest BCUT2D eigenvalue weighted by Gasteiger charge is 2.64. The van der Waals surface area contributed by atoms with Gasteiger partial charge in [-0.15, -0.1) is 11.3 Å². The van der Waals surface area contributed by atoms with Crippen molar-refractivity contribution in [1.82, 2.24) is 15.2 Å². The second kappa shape index (κ2) is 9.20. The minimum absolute atomic E-state index is 0.0322. The van der Waals surface area contributed by atoms with E-state index in [4.69, 9.17) is 0 Å². The lowest BCUT2D eigenvalue weighted by Crippen LogP contribution is -2.42. The van der Waals surface area contributed by atoms with Gasteiger partial charge in [0.2, 0.25) is 5.91 Å². The molecule has 2 atom stereocenters. The number of halogens is 2. The second-order valence-corrected chi connectivity index (χ2v) is 10.1. The second-order valence-electron chi connectivity index (χ2n) is 8.87. The van der Waals surface area contributed by atoms with E-state index >= 15 is 0 Å². The summed E-state index contributed by atoms with van der Waals surface area (Å²) in [6.45, 7) is 3.23. The van der Waals surface area contributed by atoms with E-state index in [1.54, 1.807) is 18.3 Å². The van der Waals surface area contributed by atoms with Crippen LogP contribution in [0.5, 0.6) is 5.75 Å². The summed E-state index contributed by atoms with van der Waals surface area (Å²) < 4.78 is 28.9. The number of hydrogen-bond acceptors (Lipinski definition) is 5. The number of aryl methyl sites for hydroxylation is 1. The number of nitrogens with one attached hydrogen (secondary N) is 1. The van der Waals surface area contributed by atoms with Gasteiger partial charge in [-0.25, -0.2) is 13.8 Å². The van der Waals surface area contributed by atoms with E-state index in [1.807, 2.05) is 38.1 Å². The van der Waals surface area contributed by atoms with Gasteiger partial charge in [0.1, 0.15) is 5.75 Å². The summed E-state index contributed by atoms with van der Waals surface area (Å²) in [4.78, 5) is 19.9. The molecule has 1 heterocycles. The molecule has 1 amide bonds. The van der Waals surface area contributed by atoms with Gasteiger partial charge in [-0.1, -0.05) is 12.1 Å². The van der Waals surface area contributed by atoms with Crippen molar-refractivity contribution in [1.29, 1.82) is 0 Å². The lowest BCUT2D eigenvalue weighted by molar-refractivity contribution is -0.123. The number of alkyl halides is 2. The molecule has 0 saturated heterocycles. The van der Waals surface area contributed by atoms with Gasteiger partial charge in [-0.05, 0) is 64.9 Å². The predicted molar refractivity (Wildman–Crippen MR) is 119 cm³/mol. The quantitative estimate of drug-likeness (QED) is 0.564. The maximum atomic E-state index is 14.5. The van der Waals surface area contributed by atoms with Crippen LogP contribution >= 0.6 is 11.3 Å². The first-order chi connectivity index (χ1) is 14.5. The molecule has 3 rings (SSSR count). The Balaban J connectivity index is 1.67. The molecule has 31 heavy (non-hydrogen) atoms. The summed E-state index contributed by atoms with van der Waals surface area (Å²) in [7, 11) is 3.88. The molecule has 5 nitrogen and oxygen atoms in total. The van der Waals surface area contributed by atoms with Crippen molar-refractivity contribution in [2.24, 2.45) is 5.41 Å². The van der Waals surface area contributed by atoms with Crippen LogP contribution in [0.3, 0.4) is 0 Å². The van der Waals surface area contributed by atoms with Crippen LogP contribution in [0.2, 0.25) is 0 Å². The number of hydrogen-bond donors (Lipinski definition) is 2. The Hall–Kier alpha value is -2.06. The van der Waals surface area contributed by atoms with Crippen LogP contribution in [-0.2, 0) is 11.2 Å². The van der Waals surface area contributed by atoms with Gasteiger partial charge in [-0.3, -0.25) is 4.79 Å². The normalized spacial score (nSPS) is 17.4. The van der Waals surface area contributed by atoms with E-state index in [0.717, 1.165) is 22.4 Å². The van der Waals surface area contributed by atoms with Gasteiger partial charge >= 0.3 is 0 Å². The van der Waals surface area contributed by atoms with Gasteiger partial charge in [0.05, 0.1) is 5.01 Å². The molecule has 8 heteroatoms. The zero-order valence-corrected chi connectivity index (χ0v) is 19.3. The fourth-order valence-electron chi connectivity index (χ4n) is 4.17.